The Morgan fingerprint density at radius 2 is 1.95 bits per heavy atom. The van der Waals surface area contributed by atoms with E-state index >= 15 is 0 Å². The number of rotatable bonds is 3. The van der Waals surface area contributed by atoms with E-state index < -0.39 is 22.5 Å². The Bertz CT molecular complexity index is 602. The summed E-state index contributed by atoms with van der Waals surface area (Å²) in [5.74, 6) is -1.52. The van der Waals surface area contributed by atoms with E-state index in [-0.39, 0.29) is 21.4 Å². The lowest BCUT2D eigenvalue weighted by atomic mass is 10.0. The number of nitrogens with two attached hydrogens (primary N) is 1. The molecule has 0 fully saturated rings. The van der Waals surface area contributed by atoms with Crippen molar-refractivity contribution in [2.24, 2.45) is 5.73 Å². The number of nitrogens with one attached hydrogen (secondary N) is 1. The standard InChI is InChI=1S/C11H11BrF3N3O3/c1-5-3-6(12)7(4-8(5)18(20)21)17-9(19)10(2,16)11(13,14)15/h3-4H,16H2,1-2H3,(H,17,19). The van der Waals surface area contributed by atoms with Crippen molar-refractivity contribution in [2.75, 3.05) is 5.32 Å². The molecule has 0 saturated heterocycles. The van der Waals surface area contributed by atoms with Crippen LogP contribution in [0.1, 0.15) is 12.5 Å². The Morgan fingerprint density at radius 1 is 1.43 bits per heavy atom. The summed E-state index contributed by atoms with van der Waals surface area (Å²) in [6, 6.07) is 2.28. The van der Waals surface area contributed by atoms with Gasteiger partial charge in [0.25, 0.3) is 11.6 Å². The van der Waals surface area contributed by atoms with Gasteiger partial charge in [0.2, 0.25) is 0 Å². The normalized spacial score (nSPS) is 14.4. The SMILES string of the molecule is Cc1cc(Br)c(NC(=O)C(C)(N)C(F)(F)F)cc1[N+](=O)[O-]. The summed E-state index contributed by atoms with van der Waals surface area (Å²) in [4.78, 5) is 21.7. The van der Waals surface area contributed by atoms with Crippen molar-refractivity contribution in [1.29, 1.82) is 0 Å². The molecule has 0 spiro atoms. The number of alkyl halides is 3. The minimum Gasteiger partial charge on any atom is -0.323 e. The molecule has 0 aliphatic carbocycles. The first-order valence-corrected chi connectivity index (χ1v) is 6.29. The maximum Gasteiger partial charge on any atom is 0.415 e. The Hall–Kier alpha value is -1.68. The van der Waals surface area contributed by atoms with Crippen LogP contribution in [-0.4, -0.2) is 22.5 Å². The summed E-state index contributed by atoms with van der Waals surface area (Å²) in [6.07, 6.45) is -4.96. The number of hydrogen-bond donors (Lipinski definition) is 2. The van der Waals surface area contributed by atoms with Gasteiger partial charge in [0.15, 0.2) is 5.54 Å². The molecule has 1 aromatic rings. The molecule has 116 valence electrons. The van der Waals surface area contributed by atoms with Crippen LogP contribution in [0, 0.1) is 17.0 Å². The second kappa shape index (κ2) is 5.60. The molecule has 1 aromatic carbocycles. The maximum absolute atomic E-state index is 12.7. The van der Waals surface area contributed by atoms with Gasteiger partial charge in [0.1, 0.15) is 0 Å². The molecule has 3 N–H and O–H groups in total. The molecule has 1 amide bonds. The van der Waals surface area contributed by atoms with E-state index in [0.717, 1.165) is 6.07 Å². The van der Waals surface area contributed by atoms with Crippen LogP contribution in [0.25, 0.3) is 0 Å². The molecule has 0 aromatic heterocycles. The second-order valence-corrected chi connectivity index (χ2v) is 5.38. The fraction of sp³-hybridized carbons (Fsp3) is 0.364. The first kappa shape index (κ1) is 17.4. The third kappa shape index (κ3) is 3.50. The number of halogens is 4. The molecule has 0 bridgehead atoms. The number of anilines is 1. The quantitative estimate of drug-likeness (QED) is 0.632. The maximum atomic E-state index is 12.7. The molecule has 0 radical (unpaired) electrons. The molecule has 0 aliphatic heterocycles. The summed E-state index contributed by atoms with van der Waals surface area (Å²) < 4.78 is 38.2. The number of hydrogen-bond acceptors (Lipinski definition) is 4. The van der Waals surface area contributed by atoms with Crippen LogP contribution in [0.3, 0.4) is 0 Å². The lowest BCUT2D eigenvalue weighted by Gasteiger charge is -2.26. The first-order valence-electron chi connectivity index (χ1n) is 5.49. The molecule has 6 nitrogen and oxygen atoms in total. The first-order chi connectivity index (χ1) is 9.37. The minimum absolute atomic E-state index is 0.168. The summed E-state index contributed by atoms with van der Waals surface area (Å²) >= 11 is 3.02. The number of aryl methyl sites for hydroxylation is 1. The molecule has 21 heavy (non-hydrogen) atoms. The topological polar surface area (TPSA) is 98.3 Å². The number of benzene rings is 1. The predicted octanol–water partition coefficient (Wildman–Crippen LogP) is 2.88. The Morgan fingerprint density at radius 3 is 2.38 bits per heavy atom. The minimum atomic E-state index is -4.96. The average molecular weight is 370 g/mol. The van der Waals surface area contributed by atoms with E-state index in [1.807, 2.05) is 5.32 Å². The van der Waals surface area contributed by atoms with Gasteiger partial charge in [-0.15, -0.1) is 0 Å². The molecular formula is C11H11BrF3N3O3. The monoisotopic (exact) mass is 369 g/mol. The van der Waals surface area contributed by atoms with Gasteiger partial charge in [0.05, 0.1) is 10.6 Å². The highest BCUT2D eigenvalue weighted by Crippen LogP contribution is 2.33. The number of nitro benzene ring substituents is 1. The lowest BCUT2D eigenvalue weighted by molar-refractivity contribution is -0.385. The molecule has 1 unspecified atom stereocenters. The number of carbonyl (C=O) groups is 1. The highest BCUT2D eigenvalue weighted by molar-refractivity contribution is 9.10. The highest BCUT2D eigenvalue weighted by atomic mass is 79.9. The van der Waals surface area contributed by atoms with Gasteiger partial charge in [-0.05, 0) is 35.8 Å². The van der Waals surface area contributed by atoms with Crippen LogP contribution in [0.2, 0.25) is 0 Å². The number of amides is 1. The van der Waals surface area contributed by atoms with E-state index in [4.69, 9.17) is 5.73 Å². The van der Waals surface area contributed by atoms with Crippen LogP contribution < -0.4 is 11.1 Å². The Balaban J connectivity index is 3.17. The van der Waals surface area contributed by atoms with Crippen LogP contribution in [-0.2, 0) is 4.79 Å². The molecular weight excluding hydrogens is 359 g/mol. The number of nitro groups is 1. The van der Waals surface area contributed by atoms with Crippen molar-refractivity contribution in [3.63, 3.8) is 0 Å². The molecule has 1 atom stereocenters. The van der Waals surface area contributed by atoms with Gasteiger partial charge in [-0.2, -0.15) is 13.2 Å². The zero-order valence-corrected chi connectivity index (χ0v) is 12.5. The Kier molecular flexibility index (Phi) is 4.63. The highest BCUT2D eigenvalue weighted by Gasteiger charge is 2.54. The van der Waals surface area contributed by atoms with Crippen LogP contribution >= 0.6 is 15.9 Å². The van der Waals surface area contributed by atoms with Gasteiger partial charge in [-0.25, -0.2) is 0 Å². The van der Waals surface area contributed by atoms with Gasteiger partial charge in [0, 0.05) is 16.1 Å². The smallest absolute Gasteiger partial charge is 0.323 e. The van der Waals surface area contributed by atoms with E-state index in [0.29, 0.717) is 6.92 Å². The zero-order valence-electron chi connectivity index (χ0n) is 10.9. The second-order valence-electron chi connectivity index (χ2n) is 4.53. The largest absolute Gasteiger partial charge is 0.415 e. The third-order valence-corrected chi connectivity index (χ3v) is 3.45. The van der Waals surface area contributed by atoms with Crippen molar-refractivity contribution in [3.8, 4) is 0 Å². The van der Waals surface area contributed by atoms with Crippen molar-refractivity contribution in [1.82, 2.24) is 0 Å². The molecule has 0 saturated carbocycles. The lowest BCUT2D eigenvalue weighted by Crippen LogP contribution is -2.59. The fourth-order valence-corrected chi connectivity index (χ4v) is 1.89. The molecule has 0 heterocycles. The van der Waals surface area contributed by atoms with Crippen molar-refractivity contribution >= 4 is 33.2 Å². The third-order valence-electron chi connectivity index (χ3n) is 2.79. The summed E-state index contributed by atoms with van der Waals surface area (Å²) in [6.45, 7) is 1.97. The number of nitrogens with zero attached hydrogens (tertiary/aromatic N) is 1. The van der Waals surface area contributed by atoms with Crippen LogP contribution in [0.4, 0.5) is 24.5 Å². The van der Waals surface area contributed by atoms with Crippen LogP contribution in [0.15, 0.2) is 16.6 Å². The van der Waals surface area contributed by atoms with E-state index in [1.165, 1.54) is 13.0 Å². The summed E-state index contributed by atoms with van der Waals surface area (Å²) in [7, 11) is 0. The van der Waals surface area contributed by atoms with Gasteiger partial charge in [-0.1, -0.05) is 0 Å². The van der Waals surface area contributed by atoms with Gasteiger partial charge >= 0.3 is 6.18 Å². The molecule has 1 rings (SSSR count). The van der Waals surface area contributed by atoms with E-state index in [1.54, 1.807) is 0 Å². The number of carbonyl (C=O) groups excluding carboxylic acids is 1. The zero-order chi connectivity index (χ0) is 16.6. The van der Waals surface area contributed by atoms with E-state index in [2.05, 4.69) is 15.9 Å². The fourth-order valence-electron chi connectivity index (χ4n) is 1.33. The van der Waals surface area contributed by atoms with Crippen LogP contribution in [0.5, 0.6) is 0 Å². The summed E-state index contributed by atoms with van der Waals surface area (Å²) in [5.41, 5.74) is 1.64. The van der Waals surface area contributed by atoms with E-state index in [9.17, 15) is 28.1 Å². The molecule has 0 aliphatic rings. The Labute approximate surface area is 125 Å². The van der Waals surface area contributed by atoms with Gasteiger partial charge < -0.3 is 11.1 Å². The predicted molar refractivity (Wildman–Crippen MR) is 72.8 cm³/mol. The average Bonchev–Trinajstić information content (AvgIpc) is 2.30. The van der Waals surface area contributed by atoms with Crippen molar-refractivity contribution in [2.45, 2.75) is 25.6 Å². The van der Waals surface area contributed by atoms with Crippen molar-refractivity contribution < 1.29 is 22.9 Å². The van der Waals surface area contributed by atoms with Gasteiger partial charge in [-0.3, -0.25) is 14.9 Å². The van der Waals surface area contributed by atoms with Crippen molar-refractivity contribution in [3.05, 3.63) is 32.3 Å². The molecule has 10 heteroatoms. The summed E-state index contributed by atoms with van der Waals surface area (Å²) in [5, 5.41) is 12.7.